The van der Waals surface area contributed by atoms with Crippen LogP contribution in [0.1, 0.15) is 31.0 Å². The molecule has 0 saturated carbocycles. The van der Waals surface area contributed by atoms with Gasteiger partial charge in [0.1, 0.15) is 6.67 Å². The number of nitrogens with one attached hydrogen (secondary N) is 2. The van der Waals surface area contributed by atoms with Crippen molar-refractivity contribution in [3.63, 3.8) is 0 Å². The second kappa shape index (κ2) is 8.06. The molecule has 0 fully saturated rings. The summed E-state index contributed by atoms with van der Waals surface area (Å²) in [5.41, 5.74) is 0.185. The zero-order valence-corrected chi connectivity index (χ0v) is 15.8. The van der Waals surface area contributed by atoms with Crippen molar-refractivity contribution in [2.45, 2.75) is 31.7 Å². The summed E-state index contributed by atoms with van der Waals surface area (Å²) in [6.45, 7) is 3.61. The van der Waals surface area contributed by atoms with E-state index in [2.05, 4.69) is 37.9 Å². The second-order valence-corrected chi connectivity index (χ2v) is 7.62. The lowest BCUT2D eigenvalue weighted by Gasteiger charge is -2.26. The van der Waals surface area contributed by atoms with E-state index in [-0.39, 0.29) is 11.7 Å². The normalized spacial score (nSPS) is 13.0. The van der Waals surface area contributed by atoms with Crippen LogP contribution in [0.25, 0.3) is 0 Å². The average molecular weight is 445 g/mol. The topological polar surface area (TPSA) is 78.0 Å². The SMILES string of the molecule is CC(C)(CF)NCC(Cc1nc[nH]c(=O)c1O)c1ccc(I)cc1. The fraction of sp³-hybridized carbons (Fsp3) is 0.412. The lowest BCUT2D eigenvalue weighted by atomic mass is 9.92. The molecule has 0 saturated heterocycles. The number of hydrogen-bond acceptors (Lipinski definition) is 4. The van der Waals surface area contributed by atoms with Crippen molar-refractivity contribution < 1.29 is 9.50 Å². The summed E-state index contributed by atoms with van der Waals surface area (Å²) < 4.78 is 14.2. The predicted octanol–water partition coefficient (Wildman–Crippen LogP) is 2.74. The third-order valence-corrected chi connectivity index (χ3v) is 4.57. The predicted molar refractivity (Wildman–Crippen MR) is 100 cm³/mol. The van der Waals surface area contributed by atoms with E-state index in [1.54, 1.807) is 13.8 Å². The van der Waals surface area contributed by atoms with Gasteiger partial charge in [0.05, 0.1) is 12.0 Å². The summed E-state index contributed by atoms with van der Waals surface area (Å²) in [7, 11) is 0. The maximum atomic E-state index is 13.1. The van der Waals surface area contributed by atoms with Crippen LogP contribution < -0.4 is 10.9 Å². The van der Waals surface area contributed by atoms with Crippen molar-refractivity contribution in [1.29, 1.82) is 0 Å². The smallest absolute Gasteiger partial charge is 0.293 e. The Balaban J connectivity index is 2.26. The largest absolute Gasteiger partial charge is 0.502 e. The first-order chi connectivity index (χ1) is 11.3. The third-order valence-electron chi connectivity index (χ3n) is 3.85. The zero-order valence-electron chi connectivity index (χ0n) is 13.6. The van der Waals surface area contributed by atoms with Gasteiger partial charge in [-0.05, 0) is 54.1 Å². The Bertz CT molecular complexity index is 731. The number of aromatic nitrogens is 2. The number of alkyl halides is 1. The fourth-order valence-electron chi connectivity index (χ4n) is 2.30. The molecule has 1 unspecified atom stereocenters. The maximum Gasteiger partial charge on any atom is 0.293 e. The number of nitrogens with zero attached hydrogens (tertiary/aromatic N) is 1. The highest BCUT2D eigenvalue weighted by Crippen LogP contribution is 2.24. The number of halogens is 2. The van der Waals surface area contributed by atoms with Crippen LogP contribution in [-0.2, 0) is 6.42 Å². The summed E-state index contributed by atoms with van der Waals surface area (Å²) in [4.78, 5) is 18.0. The van der Waals surface area contributed by atoms with Gasteiger partial charge in [-0.15, -0.1) is 0 Å². The Labute approximate surface area is 153 Å². The van der Waals surface area contributed by atoms with E-state index in [1.807, 2.05) is 24.3 Å². The first-order valence-electron chi connectivity index (χ1n) is 7.64. The minimum absolute atomic E-state index is 0.0481. The lowest BCUT2D eigenvalue weighted by molar-refractivity contribution is 0.282. The van der Waals surface area contributed by atoms with Gasteiger partial charge in [-0.2, -0.15) is 0 Å². The number of hydrogen-bond donors (Lipinski definition) is 3. The minimum Gasteiger partial charge on any atom is -0.502 e. The van der Waals surface area contributed by atoms with E-state index >= 15 is 0 Å². The summed E-state index contributed by atoms with van der Waals surface area (Å²) in [6, 6.07) is 7.99. The van der Waals surface area contributed by atoms with Gasteiger partial charge >= 0.3 is 0 Å². The lowest BCUT2D eigenvalue weighted by Crippen LogP contribution is -2.43. The molecule has 1 aromatic carbocycles. The third kappa shape index (κ3) is 5.01. The van der Waals surface area contributed by atoms with Crippen LogP contribution in [0.4, 0.5) is 4.39 Å². The van der Waals surface area contributed by atoms with Crippen LogP contribution in [0.15, 0.2) is 35.4 Å². The molecule has 0 amide bonds. The first-order valence-corrected chi connectivity index (χ1v) is 8.72. The van der Waals surface area contributed by atoms with E-state index in [4.69, 9.17) is 0 Å². The highest BCUT2D eigenvalue weighted by Gasteiger charge is 2.22. The van der Waals surface area contributed by atoms with Gasteiger partial charge in [0, 0.05) is 28.0 Å². The summed E-state index contributed by atoms with van der Waals surface area (Å²) in [5, 5.41) is 13.1. The zero-order chi connectivity index (χ0) is 17.7. The molecule has 3 N–H and O–H groups in total. The number of aromatic hydroxyl groups is 1. The first kappa shape index (κ1) is 18.9. The Hall–Kier alpha value is -1.48. The van der Waals surface area contributed by atoms with Crippen molar-refractivity contribution in [1.82, 2.24) is 15.3 Å². The number of H-pyrrole nitrogens is 1. The number of aromatic amines is 1. The Morgan fingerprint density at radius 3 is 2.67 bits per heavy atom. The van der Waals surface area contributed by atoms with Gasteiger partial charge in [0.2, 0.25) is 5.75 Å². The molecule has 1 heterocycles. The Kier molecular flexibility index (Phi) is 6.34. The van der Waals surface area contributed by atoms with Crippen molar-refractivity contribution in [2.24, 2.45) is 0 Å². The number of rotatable bonds is 7. The quantitative estimate of drug-likeness (QED) is 0.573. The Morgan fingerprint density at radius 1 is 1.38 bits per heavy atom. The van der Waals surface area contributed by atoms with Crippen molar-refractivity contribution >= 4 is 22.6 Å². The van der Waals surface area contributed by atoms with E-state index < -0.39 is 17.8 Å². The molecule has 0 aliphatic rings. The summed E-state index contributed by atoms with van der Waals surface area (Å²) >= 11 is 2.23. The fourth-order valence-corrected chi connectivity index (χ4v) is 2.66. The van der Waals surface area contributed by atoms with Crippen LogP contribution >= 0.6 is 22.6 Å². The van der Waals surface area contributed by atoms with E-state index in [9.17, 15) is 14.3 Å². The van der Waals surface area contributed by atoms with Crippen molar-refractivity contribution in [2.75, 3.05) is 13.2 Å². The highest BCUT2D eigenvalue weighted by atomic mass is 127. The molecule has 7 heteroatoms. The van der Waals surface area contributed by atoms with Crippen LogP contribution in [0.5, 0.6) is 5.75 Å². The molecule has 0 aliphatic heterocycles. The van der Waals surface area contributed by atoms with Gasteiger partial charge in [-0.25, -0.2) is 9.37 Å². The van der Waals surface area contributed by atoms with Crippen LogP contribution in [0.2, 0.25) is 0 Å². The molecule has 24 heavy (non-hydrogen) atoms. The number of benzene rings is 1. The monoisotopic (exact) mass is 445 g/mol. The van der Waals surface area contributed by atoms with E-state index in [0.717, 1.165) is 9.13 Å². The molecule has 1 atom stereocenters. The van der Waals surface area contributed by atoms with Gasteiger partial charge in [0.25, 0.3) is 5.56 Å². The molecule has 130 valence electrons. The van der Waals surface area contributed by atoms with Gasteiger partial charge in [-0.1, -0.05) is 12.1 Å². The maximum absolute atomic E-state index is 13.1. The van der Waals surface area contributed by atoms with Crippen molar-refractivity contribution in [3.05, 3.63) is 55.8 Å². The molecule has 0 spiro atoms. The van der Waals surface area contributed by atoms with E-state index in [1.165, 1.54) is 6.33 Å². The molecule has 2 aromatic rings. The van der Waals surface area contributed by atoms with E-state index in [0.29, 0.717) is 18.7 Å². The molecule has 2 rings (SSSR count). The Morgan fingerprint density at radius 2 is 2.04 bits per heavy atom. The molecular weight excluding hydrogens is 424 g/mol. The van der Waals surface area contributed by atoms with Crippen LogP contribution in [-0.4, -0.2) is 33.8 Å². The second-order valence-electron chi connectivity index (χ2n) is 6.38. The van der Waals surface area contributed by atoms with Gasteiger partial charge in [0.15, 0.2) is 0 Å². The minimum atomic E-state index is -0.634. The molecular formula is C17H21FIN3O2. The standard InChI is InChI=1S/C17H21FIN3O2/c1-17(2,9-18)22-8-12(11-3-5-13(19)6-4-11)7-14-15(23)16(24)21-10-20-14/h3-6,10,12,22-23H,7-9H2,1-2H3,(H,20,21,24). The van der Waals surface area contributed by atoms with Crippen LogP contribution in [0.3, 0.4) is 0 Å². The van der Waals surface area contributed by atoms with Gasteiger partial charge < -0.3 is 15.4 Å². The molecule has 1 aromatic heterocycles. The van der Waals surface area contributed by atoms with Gasteiger partial charge in [-0.3, -0.25) is 4.79 Å². The summed E-state index contributed by atoms with van der Waals surface area (Å²) in [5.74, 6) is -0.411. The molecule has 0 bridgehead atoms. The highest BCUT2D eigenvalue weighted by molar-refractivity contribution is 14.1. The molecule has 0 aliphatic carbocycles. The van der Waals surface area contributed by atoms with Crippen LogP contribution in [0, 0.1) is 3.57 Å². The van der Waals surface area contributed by atoms with Crippen molar-refractivity contribution in [3.8, 4) is 5.75 Å². The average Bonchev–Trinajstić information content (AvgIpc) is 2.56. The summed E-state index contributed by atoms with van der Waals surface area (Å²) in [6.07, 6.45) is 1.66. The molecule has 5 nitrogen and oxygen atoms in total. The molecule has 0 radical (unpaired) electrons.